The minimum absolute atomic E-state index is 0.0917. The van der Waals surface area contributed by atoms with E-state index in [1.165, 1.54) is 12.3 Å². The van der Waals surface area contributed by atoms with Crippen LogP contribution in [0.15, 0.2) is 17.1 Å². The third-order valence-electron chi connectivity index (χ3n) is 5.59. The van der Waals surface area contributed by atoms with Gasteiger partial charge < -0.3 is 25.4 Å². The first-order valence-electron chi connectivity index (χ1n) is 9.18. The number of phenolic OH excluding ortho intramolecular Hbond substituents is 1. The van der Waals surface area contributed by atoms with Crippen LogP contribution < -0.4 is 16.1 Å². The molecule has 4 rings (SSSR count). The summed E-state index contributed by atoms with van der Waals surface area (Å²) in [6, 6.07) is 1.53. The molecular formula is C19H22ClN3O4. The first-order valence-corrected chi connectivity index (χ1v) is 9.56. The molecule has 1 aliphatic heterocycles. The number of rotatable bonds is 3. The van der Waals surface area contributed by atoms with E-state index >= 15 is 0 Å². The Labute approximate surface area is 160 Å². The van der Waals surface area contributed by atoms with Gasteiger partial charge in [0.2, 0.25) is 5.43 Å². The first kappa shape index (κ1) is 18.1. The van der Waals surface area contributed by atoms with Crippen LogP contribution in [0, 0.1) is 0 Å². The van der Waals surface area contributed by atoms with Gasteiger partial charge in [-0.15, -0.1) is 0 Å². The number of anilines is 1. The number of pyridine rings is 1. The Morgan fingerprint density at radius 1 is 1.30 bits per heavy atom. The van der Waals surface area contributed by atoms with Crippen LogP contribution in [-0.4, -0.2) is 33.0 Å². The SMILES string of the molecule is CC1CCCC(N)N1c1c(O)cc2c(=O)c(C(=O)O)cn(C3CC3)c2c1Cl. The number of aromatic nitrogens is 1. The molecule has 0 bridgehead atoms. The third kappa shape index (κ3) is 2.85. The largest absolute Gasteiger partial charge is 0.506 e. The molecule has 2 heterocycles. The Morgan fingerprint density at radius 2 is 2.00 bits per heavy atom. The maximum absolute atomic E-state index is 12.7. The second-order valence-electron chi connectivity index (χ2n) is 7.52. The van der Waals surface area contributed by atoms with Crippen molar-refractivity contribution in [3.05, 3.63) is 33.1 Å². The molecule has 8 heteroatoms. The van der Waals surface area contributed by atoms with E-state index < -0.39 is 11.4 Å². The molecule has 1 saturated heterocycles. The minimum Gasteiger partial charge on any atom is -0.506 e. The van der Waals surface area contributed by atoms with Crippen molar-refractivity contribution in [3.8, 4) is 5.75 Å². The molecule has 27 heavy (non-hydrogen) atoms. The fraction of sp³-hybridized carbons (Fsp3) is 0.474. The molecule has 2 aromatic rings. The number of phenols is 1. The molecule has 4 N–H and O–H groups in total. The maximum atomic E-state index is 12.7. The molecule has 2 fully saturated rings. The lowest BCUT2D eigenvalue weighted by molar-refractivity contribution is 0.0695. The van der Waals surface area contributed by atoms with E-state index in [-0.39, 0.29) is 40.0 Å². The van der Waals surface area contributed by atoms with Crippen molar-refractivity contribution >= 4 is 34.2 Å². The van der Waals surface area contributed by atoms with Crippen LogP contribution >= 0.6 is 11.6 Å². The van der Waals surface area contributed by atoms with Crippen molar-refractivity contribution in [1.29, 1.82) is 0 Å². The average Bonchev–Trinajstić information content (AvgIpc) is 3.43. The smallest absolute Gasteiger partial charge is 0.341 e. The molecule has 1 aromatic heterocycles. The Morgan fingerprint density at radius 3 is 2.59 bits per heavy atom. The highest BCUT2D eigenvalue weighted by molar-refractivity contribution is 6.38. The maximum Gasteiger partial charge on any atom is 0.341 e. The second-order valence-corrected chi connectivity index (χ2v) is 7.90. The number of aromatic hydroxyl groups is 1. The molecule has 1 aromatic carbocycles. The number of nitrogens with two attached hydrogens (primary N) is 1. The van der Waals surface area contributed by atoms with E-state index in [4.69, 9.17) is 17.3 Å². The van der Waals surface area contributed by atoms with E-state index in [1.807, 2.05) is 11.8 Å². The molecule has 144 valence electrons. The highest BCUT2D eigenvalue weighted by atomic mass is 35.5. The van der Waals surface area contributed by atoms with Crippen LogP contribution in [0.4, 0.5) is 5.69 Å². The van der Waals surface area contributed by atoms with E-state index in [0.717, 1.165) is 32.1 Å². The van der Waals surface area contributed by atoms with Crippen LogP contribution in [0.2, 0.25) is 5.02 Å². The Bertz CT molecular complexity index is 989. The number of aromatic carboxylic acids is 1. The zero-order valence-electron chi connectivity index (χ0n) is 15.0. The summed E-state index contributed by atoms with van der Waals surface area (Å²) in [7, 11) is 0. The number of piperidine rings is 1. The average molecular weight is 392 g/mol. The van der Waals surface area contributed by atoms with Gasteiger partial charge >= 0.3 is 5.97 Å². The lowest BCUT2D eigenvalue weighted by Gasteiger charge is -2.41. The van der Waals surface area contributed by atoms with E-state index in [0.29, 0.717) is 11.2 Å². The number of carboxylic acid groups (broad SMARTS) is 1. The number of halogens is 1. The van der Waals surface area contributed by atoms with Gasteiger partial charge in [0.05, 0.1) is 22.1 Å². The lowest BCUT2D eigenvalue weighted by Crippen LogP contribution is -2.50. The van der Waals surface area contributed by atoms with Crippen molar-refractivity contribution in [1.82, 2.24) is 4.57 Å². The van der Waals surface area contributed by atoms with E-state index in [2.05, 4.69) is 0 Å². The summed E-state index contributed by atoms with van der Waals surface area (Å²) in [5, 5.41) is 20.4. The van der Waals surface area contributed by atoms with Gasteiger partial charge in [-0.05, 0) is 45.1 Å². The Balaban J connectivity index is 2.04. The van der Waals surface area contributed by atoms with E-state index in [9.17, 15) is 19.8 Å². The van der Waals surface area contributed by atoms with Gasteiger partial charge in [-0.25, -0.2) is 4.79 Å². The second kappa shape index (κ2) is 6.42. The molecule has 7 nitrogen and oxygen atoms in total. The fourth-order valence-electron chi connectivity index (χ4n) is 4.10. The van der Waals surface area contributed by atoms with Crippen molar-refractivity contribution in [2.24, 2.45) is 5.73 Å². The predicted molar refractivity (Wildman–Crippen MR) is 104 cm³/mol. The van der Waals surface area contributed by atoms with Gasteiger partial charge in [0, 0.05) is 18.3 Å². The van der Waals surface area contributed by atoms with Gasteiger partial charge in [-0.2, -0.15) is 0 Å². The molecule has 0 radical (unpaired) electrons. The summed E-state index contributed by atoms with van der Waals surface area (Å²) in [6.07, 6.45) is 5.58. The first-order chi connectivity index (χ1) is 12.8. The number of hydrogen-bond acceptors (Lipinski definition) is 5. The van der Waals surface area contributed by atoms with Crippen molar-refractivity contribution < 1.29 is 15.0 Å². The number of hydrogen-bond donors (Lipinski definition) is 3. The number of benzene rings is 1. The summed E-state index contributed by atoms with van der Waals surface area (Å²) in [6.45, 7) is 2.03. The molecule has 2 unspecified atom stereocenters. The number of nitrogens with zero attached hydrogens (tertiary/aromatic N) is 2. The van der Waals surface area contributed by atoms with Gasteiger partial charge in [0.15, 0.2) is 0 Å². The summed E-state index contributed by atoms with van der Waals surface area (Å²) < 4.78 is 1.77. The lowest BCUT2D eigenvalue weighted by atomic mass is 9.99. The van der Waals surface area contributed by atoms with Gasteiger partial charge in [0.25, 0.3) is 0 Å². The van der Waals surface area contributed by atoms with Crippen molar-refractivity contribution in [3.63, 3.8) is 0 Å². The van der Waals surface area contributed by atoms with Gasteiger partial charge in [-0.3, -0.25) is 4.79 Å². The zero-order chi connectivity index (χ0) is 19.5. The van der Waals surface area contributed by atoms with Crippen LogP contribution in [0.1, 0.15) is 55.4 Å². The molecule has 0 spiro atoms. The fourth-order valence-corrected chi connectivity index (χ4v) is 4.50. The van der Waals surface area contributed by atoms with Crippen LogP contribution in [-0.2, 0) is 0 Å². The van der Waals surface area contributed by atoms with E-state index in [1.54, 1.807) is 4.57 Å². The van der Waals surface area contributed by atoms with Crippen LogP contribution in [0.25, 0.3) is 10.9 Å². The predicted octanol–water partition coefficient (Wildman–Crippen LogP) is 3.06. The van der Waals surface area contributed by atoms with Crippen molar-refractivity contribution in [2.45, 2.75) is 57.3 Å². The number of carboxylic acids is 1. The monoisotopic (exact) mass is 391 g/mol. The Hall–Kier alpha value is -2.25. The van der Waals surface area contributed by atoms with Gasteiger partial charge in [0.1, 0.15) is 17.0 Å². The number of carbonyl (C=O) groups is 1. The molecular weight excluding hydrogens is 370 g/mol. The summed E-state index contributed by atoms with van der Waals surface area (Å²) in [5.41, 5.74) is 6.22. The summed E-state index contributed by atoms with van der Waals surface area (Å²) in [4.78, 5) is 26.1. The molecule has 0 amide bonds. The molecule has 1 saturated carbocycles. The highest BCUT2D eigenvalue weighted by Crippen LogP contribution is 2.46. The van der Waals surface area contributed by atoms with Gasteiger partial charge in [-0.1, -0.05) is 11.6 Å². The highest BCUT2D eigenvalue weighted by Gasteiger charge is 2.33. The topological polar surface area (TPSA) is 109 Å². The number of fused-ring (bicyclic) bond motifs is 1. The molecule has 2 aliphatic rings. The molecule has 1 aliphatic carbocycles. The minimum atomic E-state index is -1.29. The normalized spacial score (nSPS) is 23.0. The zero-order valence-corrected chi connectivity index (χ0v) is 15.7. The summed E-state index contributed by atoms with van der Waals surface area (Å²) in [5.74, 6) is -1.44. The Kier molecular flexibility index (Phi) is 4.31. The van der Waals surface area contributed by atoms with Crippen molar-refractivity contribution in [2.75, 3.05) is 4.90 Å². The molecule has 2 atom stereocenters. The standard InChI is InChI=1S/C19H22ClN3O4/c1-9-3-2-4-14(21)23(9)17-13(24)7-11-16(15(17)20)22(10-5-6-10)8-12(18(11)25)19(26)27/h7-10,14,24H,2-6,21H2,1H3,(H,26,27). The third-order valence-corrected chi connectivity index (χ3v) is 5.95. The van der Waals surface area contributed by atoms with Crippen LogP contribution in [0.3, 0.4) is 0 Å². The quantitative estimate of drug-likeness (QED) is 0.741. The van der Waals surface area contributed by atoms with Crippen LogP contribution in [0.5, 0.6) is 5.75 Å². The summed E-state index contributed by atoms with van der Waals surface area (Å²) >= 11 is 6.73.